The zero-order chi connectivity index (χ0) is 14.5. The van der Waals surface area contributed by atoms with Crippen LogP contribution in [0.2, 0.25) is 0 Å². The third-order valence-corrected chi connectivity index (χ3v) is 3.53. The summed E-state index contributed by atoms with van der Waals surface area (Å²) in [6.07, 6.45) is 0.432. The van der Waals surface area contributed by atoms with E-state index in [2.05, 4.69) is 22.2 Å². The lowest BCUT2D eigenvalue weighted by Gasteiger charge is -2.32. The first-order valence-electron chi connectivity index (χ1n) is 6.80. The predicted octanol–water partition coefficient (Wildman–Crippen LogP) is 0.984. The molecule has 0 bridgehead atoms. The summed E-state index contributed by atoms with van der Waals surface area (Å²) in [6.45, 7) is 4.81. The van der Waals surface area contributed by atoms with Crippen LogP contribution in [0.25, 0.3) is 0 Å². The predicted molar refractivity (Wildman–Crippen MR) is 78.0 cm³/mol. The molecule has 3 N–H and O–H groups in total. The Morgan fingerprint density at radius 2 is 2.05 bits per heavy atom. The van der Waals surface area contributed by atoms with Crippen molar-refractivity contribution < 1.29 is 9.18 Å². The minimum atomic E-state index is -0.472. The molecule has 0 aliphatic carbocycles. The van der Waals surface area contributed by atoms with Crippen LogP contribution in [0.3, 0.4) is 0 Å². The van der Waals surface area contributed by atoms with E-state index in [0.717, 1.165) is 32.7 Å². The molecular weight excluding hydrogens is 259 g/mol. The van der Waals surface area contributed by atoms with E-state index in [1.165, 1.54) is 18.2 Å². The third-order valence-electron chi connectivity index (χ3n) is 3.53. The summed E-state index contributed by atoms with van der Waals surface area (Å²) in [5.41, 5.74) is 6.04. The normalized spacial score (nSPS) is 17.1. The lowest BCUT2D eigenvalue weighted by molar-refractivity contribution is -0.116. The molecule has 110 valence electrons. The van der Waals surface area contributed by atoms with Gasteiger partial charge in [-0.2, -0.15) is 0 Å². The van der Waals surface area contributed by atoms with Crippen LogP contribution < -0.4 is 11.1 Å². The number of nitrogens with two attached hydrogens (primary N) is 1. The maximum absolute atomic E-state index is 13.0. The van der Waals surface area contributed by atoms with Gasteiger partial charge >= 0.3 is 0 Å². The molecule has 0 aromatic heterocycles. The number of benzene rings is 1. The molecule has 6 heteroatoms. The number of carbonyl (C=O) groups excluding carboxylic acids is 1. The largest absolute Gasteiger partial charge is 0.396 e. The molecular formula is C14H21FN4O. The summed E-state index contributed by atoms with van der Waals surface area (Å²) in [4.78, 5) is 16.4. The number of nitrogen functional groups attached to an aromatic ring is 1. The summed E-state index contributed by atoms with van der Waals surface area (Å²) in [6, 6.07) is 4.20. The van der Waals surface area contributed by atoms with E-state index in [4.69, 9.17) is 5.73 Å². The Hall–Kier alpha value is -1.66. The number of halogens is 1. The summed E-state index contributed by atoms with van der Waals surface area (Å²) >= 11 is 0. The molecule has 5 nitrogen and oxygen atoms in total. The Morgan fingerprint density at radius 1 is 1.35 bits per heavy atom. The van der Waals surface area contributed by atoms with Crippen LogP contribution in [0.15, 0.2) is 18.2 Å². The second-order valence-corrected chi connectivity index (χ2v) is 5.18. The lowest BCUT2D eigenvalue weighted by Crippen LogP contribution is -2.45. The van der Waals surface area contributed by atoms with Crippen molar-refractivity contribution in [1.82, 2.24) is 9.80 Å². The Kier molecular flexibility index (Phi) is 4.92. The average molecular weight is 280 g/mol. The molecule has 0 unspecified atom stereocenters. The maximum atomic E-state index is 13.0. The van der Waals surface area contributed by atoms with Crippen LogP contribution in [-0.2, 0) is 4.79 Å². The van der Waals surface area contributed by atoms with E-state index in [1.807, 2.05) is 0 Å². The minimum Gasteiger partial charge on any atom is -0.396 e. The topological polar surface area (TPSA) is 61.6 Å². The molecule has 1 saturated heterocycles. The summed E-state index contributed by atoms with van der Waals surface area (Å²) in [5.74, 6) is -0.546. The molecule has 0 spiro atoms. The number of nitrogens with zero attached hydrogens (tertiary/aromatic N) is 2. The zero-order valence-corrected chi connectivity index (χ0v) is 11.7. The van der Waals surface area contributed by atoms with Gasteiger partial charge in [-0.3, -0.25) is 4.79 Å². The van der Waals surface area contributed by atoms with Crippen LogP contribution in [-0.4, -0.2) is 55.5 Å². The molecule has 1 aliphatic rings. The van der Waals surface area contributed by atoms with Crippen molar-refractivity contribution in [3.8, 4) is 0 Å². The second kappa shape index (κ2) is 6.67. The van der Waals surface area contributed by atoms with E-state index in [1.54, 1.807) is 0 Å². The molecule has 1 amide bonds. The van der Waals surface area contributed by atoms with Crippen molar-refractivity contribution in [3.63, 3.8) is 0 Å². The zero-order valence-electron chi connectivity index (χ0n) is 11.7. The van der Waals surface area contributed by atoms with Crippen molar-refractivity contribution in [2.45, 2.75) is 6.42 Å². The van der Waals surface area contributed by atoms with Gasteiger partial charge in [-0.15, -0.1) is 0 Å². The van der Waals surface area contributed by atoms with E-state index in [9.17, 15) is 9.18 Å². The first-order valence-corrected chi connectivity index (χ1v) is 6.80. The highest BCUT2D eigenvalue weighted by molar-refractivity contribution is 5.91. The maximum Gasteiger partial charge on any atom is 0.225 e. The molecule has 0 saturated carbocycles. The van der Waals surface area contributed by atoms with Gasteiger partial charge in [-0.1, -0.05) is 0 Å². The van der Waals surface area contributed by atoms with Gasteiger partial charge in [-0.25, -0.2) is 4.39 Å². The number of amides is 1. The molecule has 0 atom stereocenters. The molecule has 0 radical (unpaired) electrons. The Labute approximate surface area is 118 Å². The smallest absolute Gasteiger partial charge is 0.225 e. The number of nitrogens with one attached hydrogen (secondary N) is 1. The third kappa shape index (κ3) is 4.18. The van der Waals surface area contributed by atoms with Gasteiger partial charge in [-0.05, 0) is 25.2 Å². The van der Waals surface area contributed by atoms with Crippen LogP contribution >= 0.6 is 0 Å². The fourth-order valence-electron chi connectivity index (χ4n) is 2.18. The number of rotatable bonds is 4. The molecule has 1 aliphatic heterocycles. The summed E-state index contributed by atoms with van der Waals surface area (Å²) in [5, 5.41) is 2.74. The van der Waals surface area contributed by atoms with Gasteiger partial charge < -0.3 is 20.9 Å². The van der Waals surface area contributed by atoms with Crippen molar-refractivity contribution in [2.24, 2.45) is 0 Å². The Morgan fingerprint density at radius 3 is 2.70 bits per heavy atom. The van der Waals surface area contributed by atoms with Gasteiger partial charge in [0.15, 0.2) is 0 Å². The van der Waals surface area contributed by atoms with E-state index < -0.39 is 5.82 Å². The highest BCUT2D eigenvalue weighted by Crippen LogP contribution is 2.16. The number of hydrogen-bond donors (Lipinski definition) is 2. The van der Waals surface area contributed by atoms with Gasteiger partial charge in [0.1, 0.15) is 5.82 Å². The summed E-state index contributed by atoms with van der Waals surface area (Å²) < 4.78 is 13.0. The molecule has 1 heterocycles. The molecule has 1 fully saturated rings. The SMILES string of the molecule is CN1CCN(CCC(=O)Nc2ccc(F)c(N)c2)CC1. The van der Waals surface area contributed by atoms with Crippen molar-refractivity contribution in [3.05, 3.63) is 24.0 Å². The van der Waals surface area contributed by atoms with E-state index in [-0.39, 0.29) is 11.6 Å². The molecule has 1 aromatic carbocycles. The standard InChI is InChI=1S/C14H21FN4O/c1-18-6-8-19(9-7-18)5-4-14(20)17-11-2-3-12(15)13(16)10-11/h2-3,10H,4-9,16H2,1H3,(H,17,20). The fraction of sp³-hybridized carbons (Fsp3) is 0.500. The van der Waals surface area contributed by atoms with Gasteiger partial charge in [0.25, 0.3) is 0 Å². The van der Waals surface area contributed by atoms with Gasteiger partial charge in [0.05, 0.1) is 5.69 Å². The fourth-order valence-corrected chi connectivity index (χ4v) is 2.18. The quantitative estimate of drug-likeness (QED) is 0.807. The van der Waals surface area contributed by atoms with Crippen molar-refractivity contribution in [2.75, 3.05) is 50.8 Å². The van der Waals surface area contributed by atoms with Crippen LogP contribution in [0.4, 0.5) is 15.8 Å². The van der Waals surface area contributed by atoms with Gasteiger partial charge in [0, 0.05) is 44.8 Å². The molecule has 20 heavy (non-hydrogen) atoms. The van der Waals surface area contributed by atoms with Crippen molar-refractivity contribution >= 4 is 17.3 Å². The first kappa shape index (κ1) is 14.7. The lowest BCUT2D eigenvalue weighted by atomic mass is 10.2. The monoisotopic (exact) mass is 280 g/mol. The van der Waals surface area contributed by atoms with Gasteiger partial charge in [0.2, 0.25) is 5.91 Å². The number of likely N-dealkylation sites (N-methyl/N-ethyl adjacent to an activating group) is 1. The molecule has 2 rings (SSSR count). The number of carbonyl (C=O) groups is 1. The number of anilines is 2. The highest BCUT2D eigenvalue weighted by atomic mass is 19.1. The second-order valence-electron chi connectivity index (χ2n) is 5.18. The van der Waals surface area contributed by atoms with Crippen LogP contribution in [0.1, 0.15) is 6.42 Å². The number of hydrogen-bond acceptors (Lipinski definition) is 4. The highest BCUT2D eigenvalue weighted by Gasteiger charge is 2.14. The number of piperazine rings is 1. The van der Waals surface area contributed by atoms with Crippen molar-refractivity contribution in [1.29, 1.82) is 0 Å². The minimum absolute atomic E-state index is 0.0434. The first-order chi connectivity index (χ1) is 9.54. The Bertz CT molecular complexity index is 472. The van der Waals surface area contributed by atoms with Crippen LogP contribution in [0, 0.1) is 5.82 Å². The Balaban J connectivity index is 1.76. The average Bonchev–Trinajstić information content (AvgIpc) is 2.42. The van der Waals surface area contributed by atoms with E-state index >= 15 is 0 Å². The van der Waals surface area contributed by atoms with E-state index in [0.29, 0.717) is 12.1 Å². The van der Waals surface area contributed by atoms with Crippen LogP contribution in [0.5, 0.6) is 0 Å². The summed E-state index contributed by atoms with van der Waals surface area (Å²) in [7, 11) is 2.10. The molecule has 1 aromatic rings.